The zero-order valence-electron chi connectivity index (χ0n) is 15.6. The van der Waals surface area contributed by atoms with Gasteiger partial charge in [0.25, 0.3) is 5.56 Å². The monoisotopic (exact) mass is 361 g/mol. The van der Waals surface area contributed by atoms with Crippen molar-refractivity contribution in [2.75, 3.05) is 0 Å². The van der Waals surface area contributed by atoms with Crippen LogP contribution in [0, 0.1) is 0 Å². The highest BCUT2D eigenvalue weighted by atomic mass is 16.4. The lowest BCUT2D eigenvalue weighted by Crippen LogP contribution is -2.25. The van der Waals surface area contributed by atoms with Crippen LogP contribution in [0.4, 0.5) is 0 Å². The van der Waals surface area contributed by atoms with E-state index in [1.807, 2.05) is 25.1 Å². The fourth-order valence-corrected chi connectivity index (χ4v) is 2.98. The second kappa shape index (κ2) is 7.58. The van der Waals surface area contributed by atoms with Crippen LogP contribution in [0.15, 0.2) is 47.3 Å². The standard InChI is InChI=1S/C22H22N2O3/c1-4-24-20-12-10-17(22(26)27)13-19(20)23-18(21(24)25)11-7-15-5-8-16(9-6-15)14(2)3/h5-14H,4H2,1-3H3,(H,26,27)/p-1/b11-7+. The molecule has 3 aromatic rings. The minimum atomic E-state index is -1.27. The minimum absolute atomic E-state index is 0.0375. The van der Waals surface area contributed by atoms with Crippen molar-refractivity contribution >= 4 is 29.2 Å². The third kappa shape index (κ3) is 3.82. The number of carbonyl (C=O) groups is 1. The fraction of sp³-hybridized carbons (Fsp3) is 0.227. The Morgan fingerprint density at radius 1 is 1.15 bits per heavy atom. The highest BCUT2D eigenvalue weighted by Crippen LogP contribution is 2.17. The van der Waals surface area contributed by atoms with Crippen LogP contribution in [0.25, 0.3) is 23.2 Å². The molecule has 0 spiro atoms. The lowest BCUT2D eigenvalue weighted by atomic mass is 10.0. The van der Waals surface area contributed by atoms with Gasteiger partial charge < -0.3 is 14.5 Å². The Labute approximate surface area is 157 Å². The smallest absolute Gasteiger partial charge is 0.276 e. The maximum Gasteiger partial charge on any atom is 0.276 e. The fourth-order valence-electron chi connectivity index (χ4n) is 2.98. The van der Waals surface area contributed by atoms with Gasteiger partial charge >= 0.3 is 0 Å². The summed E-state index contributed by atoms with van der Waals surface area (Å²) in [5.41, 5.74) is 3.37. The van der Waals surface area contributed by atoms with Crippen molar-refractivity contribution in [2.24, 2.45) is 0 Å². The van der Waals surface area contributed by atoms with Gasteiger partial charge in [0, 0.05) is 6.54 Å². The van der Waals surface area contributed by atoms with Crippen molar-refractivity contribution < 1.29 is 9.90 Å². The molecule has 138 valence electrons. The van der Waals surface area contributed by atoms with Crippen LogP contribution in [0.3, 0.4) is 0 Å². The summed E-state index contributed by atoms with van der Waals surface area (Å²) in [5.74, 6) is -0.810. The third-order valence-electron chi connectivity index (χ3n) is 4.56. The number of carboxylic acid groups (broad SMARTS) is 1. The Balaban J connectivity index is 2.06. The highest BCUT2D eigenvalue weighted by molar-refractivity contribution is 5.91. The summed E-state index contributed by atoms with van der Waals surface area (Å²) in [4.78, 5) is 28.2. The van der Waals surface area contributed by atoms with E-state index in [2.05, 4.69) is 31.0 Å². The van der Waals surface area contributed by atoms with Gasteiger partial charge in [-0.1, -0.05) is 50.3 Å². The lowest BCUT2D eigenvalue weighted by molar-refractivity contribution is -0.255. The van der Waals surface area contributed by atoms with Crippen molar-refractivity contribution in [1.29, 1.82) is 0 Å². The number of fused-ring (bicyclic) bond motifs is 1. The maximum absolute atomic E-state index is 12.7. The summed E-state index contributed by atoms with van der Waals surface area (Å²) < 4.78 is 1.59. The number of hydrogen-bond donors (Lipinski definition) is 0. The van der Waals surface area contributed by atoms with Crippen molar-refractivity contribution in [1.82, 2.24) is 9.55 Å². The van der Waals surface area contributed by atoms with E-state index in [0.29, 0.717) is 23.5 Å². The highest BCUT2D eigenvalue weighted by Gasteiger charge is 2.09. The zero-order valence-corrected chi connectivity index (χ0v) is 15.6. The molecule has 0 bridgehead atoms. The number of carboxylic acids is 1. The molecule has 0 N–H and O–H groups in total. The van der Waals surface area contributed by atoms with Crippen LogP contribution in [0.5, 0.6) is 0 Å². The van der Waals surface area contributed by atoms with Crippen molar-refractivity contribution in [3.8, 4) is 0 Å². The summed E-state index contributed by atoms with van der Waals surface area (Å²) in [5, 5.41) is 11.1. The normalized spacial score (nSPS) is 11.6. The molecule has 0 unspecified atom stereocenters. The lowest BCUT2D eigenvalue weighted by Gasteiger charge is -2.10. The molecule has 5 heteroatoms. The van der Waals surface area contributed by atoms with Crippen molar-refractivity contribution in [3.05, 3.63) is 75.2 Å². The molecule has 0 aliphatic heterocycles. The topological polar surface area (TPSA) is 75.0 Å². The van der Waals surface area contributed by atoms with Crippen LogP contribution >= 0.6 is 0 Å². The second-order valence-electron chi connectivity index (χ2n) is 6.69. The number of aromatic carboxylic acids is 1. The van der Waals surface area contributed by atoms with Gasteiger partial charge in [-0.2, -0.15) is 0 Å². The van der Waals surface area contributed by atoms with Crippen LogP contribution in [-0.2, 0) is 6.54 Å². The average Bonchev–Trinajstić information content (AvgIpc) is 2.66. The molecule has 0 saturated heterocycles. The maximum atomic E-state index is 12.7. The van der Waals surface area contributed by atoms with E-state index in [0.717, 1.165) is 5.56 Å². The number of aromatic nitrogens is 2. The molecule has 0 atom stereocenters. The van der Waals surface area contributed by atoms with Crippen molar-refractivity contribution in [2.45, 2.75) is 33.2 Å². The van der Waals surface area contributed by atoms with Gasteiger partial charge in [-0.15, -0.1) is 0 Å². The van der Waals surface area contributed by atoms with E-state index in [9.17, 15) is 14.7 Å². The Bertz CT molecular complexity index is 1080. The first kappa shape index (κ1) is 18.6. The van der Waals surface area contributed by atoms with Gasteiger partial charge in [-0.05, 0) is 47.7 Å². The molecule has 0 saturated carbocycles. The van der Waals surface area contributed by atoms with Gasteiger partial charge in [0.1, 0.15) is 5.69 Å². The molecule has 0 aliphatic carbocycles. The van der Waals surface area contributed by atoms with Gasteiger partial charge in [-0.25, -0.2) is 4.98 Å². The summed E-state index contributed by atoms with van der Waals surface area (Å²) >= 11 is 0. The molecule has 1 aromatic heterocycles. The summed E-state index contributed by atoms with van der Waals surface area (Å²) in [6.07, 6.45) is 3.51. The molecule has 0 aliphatic rings. The molecule has 5 nitrogen and oxygen atoms in total. The number of hydrogen-bond acceptors (Lipinski definition) is 4. The third-order valence-corrected chi connectivity index (χ3v) is 4.56. The van der Waals surface area contributed by atoms with E-state index in [-0.39, 0.29) is 16.8 Å². The zero-order chi connectivity index (χ0) is 19.6. The largest absolute Gasteiger partial charge is 0.545 e. The van der Waals surface area contributed by atoms with Crippen LogP contribution < -0.4 is 10.7 Å². The number of rotatable bonds is 5. The first-order chi connectivity index (χ1) is 12.9. The van der Waals surface area contributed by atoms with E-state index >= 15 is 0 Å². The van der Waals surface area contributed by atoms with Gasteiger partial charge in [0.15, 0.2) is 0 Å². The van der Waals surface area contributed by atoms with E-state index in [1.54, 1.807) is 16.7 Å². The first-order valence-corrected chi connectivity index (χ1v) is 8.94. The molecule has 0 fully saturated rings. The molecule has 1 heterocycles. The Hall–Kier alpha value is -3.21. The number of benzene rings is 2. The van der Waals surface area contributed by atoms with Gasteiger partial charge in [0.05, 0.1) is 17.0 Å². The molecule has 2 aromatic carbocycles. The molecular formula is C22H21N2O3-. The van der Waals surface area contributed by atoms with Crippen LogP contribution in [0.1, 0.15) is 53.9 Å². The van der Waals surface area contributed by atoms with E-state index in [4.69, 9.17) is 0 Å². The Morgan fingerprint density at radius 2 is 1.85 bits per heavy atom. The van der Waals surface area contributed by atoms with E-state index in [1.165, 1.54) is 17.7 Å². The SMILES string of the molecule is CCn1c(=O)c(/C=C/c2ccc(C(C)C)cc2)nc2cc(C(=O)[O-])ccc21. The Kier molecular flexibility index (Phi) is 5.21. The molecule has 3 rings (SSSR count). The predicted molar refractivity (Wildman–Crippen MR) is 105 cm³/mol. The Morgan fingerprint density at radius 3 is 2.44 bits per heavy atom. The summed E-state index contributed by atoms with van der Waals surface area (Å²) in [6, 6.07) is 12.6. The first-order valence-electron chi connectivity index (χ1n) is 8.94. The number of carbonyl (C=O) groups excluding carboxylic acids is 1. The average molecular weight is 361 g/mol. The summed E-state index contributed by atoms with van der Waals surface area (Å²) in [7, 11) is 0. The second-order valence-corrected chi connectivity index (χ2v) is 6.69. The number of nitrogens with zero attached hydrogens (tertiary/aromatic N) is 2. The molecule has 27 heavy (non-hydrogen) atoms. The van der Waals surface area contributed by atoms with Gasteiger partial charge in [-0.3, -0.25) is 4.79 Å². The minimum Gasteiger partial charge on any atom is -0.545 e. The molecular weight excluding hydrogens is 340 g/mol. The van der Waals surface area contributed by atoms with Crippen molar-refractivity contribution in [3.63, 3.8) is 0 Å². The van der Waals surface area contributed by atoms with Crippen LogP contribution in [0.2, 0.25) is 0 Å². The quantitative estimate of drug-likeness (QED) is 0.700. The molecule has 0 radical (unpaired) electrons. The predicted octanol–water partition coefficient (Wildman–Crippen LogP) is 3.07. The molecule has 0 amide bonds. The van der Waals surface area contributed by atoms with E-state index < -0.39 is 5.97 Å². The summed E-state index contributed by atoms with van der Waals surface area (Å²) in [6.45, 7) is 6.61. The number of aryl methyl sites for hydroxylation is 1. The van der Waals surface area contributed by atoms with Gasteiger partial charge in [0.2, 0.25) is 0 Å². The van der Waals surface area contributed by atoms with Crippen LogP contribution in [-0.4, -0.2) is 15.5 Å².